The molecule has 18 heteroatoms. The summed E-state index contributed by atoms with van der Waals surface area (Å²) in [4.78, 5) is 43.4. The zero-order valence-corrected chi connectivity index (χ0v) is 26.6. The molecule has 1 aromatic heterocycles. The van der Waals surface area contributed by atoms with Crippen LogP contribution in [-0.4, -0.2) is 79.0 Å². The standard InChI is InChI=1S/C31H29F3N8O6S/c1-18-4-3-5-19(2)26(18)39-29(49-16-25(43)35-15-24(28(44)45)38-30(46)47)40-37-14-20-6-8-21(9-7-20)27-36-17-42(41-27)22-10-12-23(13-11-22)48-31(32,33)34/h3-14,17,24,38H,15-16H2,1-2H3,(H,35,43)(H,39,40)(H,44,45)(H,46,47)/b37-14+. The number of nitrogens with one attached hydrogen (secondary N) is 3. The van der Waals surface area contributed by atoms with Crippen LogP contribution in [-0.2, 0) is 9.59 Å². The minimum absolute atomic E-state index is 0.175. The van der Waals surface area contributed by atoms with Crippen molar-refractivity contribution in [1.82, 2.24) is 30.8 Å². The van der Waals surface area contributed by atoms with Gasteiger partial charge in [-0.2, -0.15) is 5.10 Å². The number of carbonyl (C=O) groups excluding carboxylic acids is 1. The molecular weight excluding hydrogens is 669 g/mol. The number of benzene rings is 3. The summed E-state index contributed by atoms with van der Waals surface area (Å²) in [5.41, 5.74) is 7.13. The van der Waals surface area contributed by atoms with Crippen molar-refractivity contribution in [1.29, 1.82) is 0 Å². The number of para-hydroxylation sites is 1. The van der Waals surface area contributed by atoms with Gasteiger partial charge >= 0.3 is 18.4 Å². The molecule has 1 unspecified atom stereocenters. The van der Waals surface area contributed by atoms with E-state index in [0.717, 1.165) is 22.9 Å². The zero-order valence-electron chi connectivity index (χ0n) is 25.8. The molecule has 14 nitrogen and oxygen atoms in total. The van der Waals surface area contributed by atoms with E-state index < -0.39 is 36.9 Å². The van der Waals surface area contributed by atoms with Crippen molar-refractivity contribution in [2.75, 3.05) is 12.3 Å². The molecule has 4 aromatic rings. The van der Waals surface area contributed by atoms with Crippen LogP contribution in [0.3, 0.4) is 0 Å². The highest BCUT2D eigenvalue weighted by atomic mass is 32.2. The number of amides is 2. The Kier molecular flexibility index (Phi) is 11.9. The number of aryl methyl sites for hydroxylation is 2. The highest BCUT2D eigenvalue weighted by Gasteiger charge is 2.31. The van der Waals surface area contributed by atoms with Crippen molar-refractivity contribution in [3.63, 3.8) is 0 Å². The van der Waals surface area contributed by atoms with Crippen LogP contribution in [0, 0.1) is 13.8 Å². The molecule has 5 N–H and O–H groups in total. The summed E-state index contributed by atoms with van der Waals surface area (Å²) in [6.45, 7) is 3.32. The number of halogens is 3. The first kappa shape index (κ1) is 35.9. The number of hydrogen-bond donors (Lipinski definition) is 5. The third kappa shape index (κ3) is 11.1. The highest BCUT2D eigenvalue weighted by Crippen LogP contribution is 2.25. The smallest absolute Gasteiger partial charge is 0.480 e. The van der Waals surface area contributed by atoms with Gasteiger partial charge in [0.15, 0.2) is 11.0 Å². The number of hydrogen-bond acceptors (Lipinski definition) is 9. The van der Waals surface area contributed by atoms with Crippen LogP contribution in [0.1, 0.15) is 16.7 Å². The maximum absolute atomic E-state index is 12.5. The third-order valence-electron chi connectivity index (χ3n) is 6.46. The molecule has 0 spiro atoms. The van der Waals surface area contributed by atoms with E-state index in [1.165, 1.54) is 41.5 Å². The number of thioether (sulfide) groups is 1. The molecule has 2 amide bonds. The molecule has 256 valence electrons. The lowest BCUT2D eigenvalue weighted by molar-refractivity contribution is -0.274. The molecule has 0 radical (unpaired) electrons. The quantitative estimate of drug-likeness (QED) is 0.0792. The summed E-state index contributed by atoms with van der Waals surface area (Å²) in [6.07, 6.45) is -3.37. The lowest BCUT2D eigenvalue weighted by Crippen LogP contribution is -2.48. The number of carbonyl (C=O) groups is 3. The summed E-state index contributed by atoms with van der Waals surface area (Å²) in [6, 6.07) is 16.4. The number of aliphatic carboxylic acids is 1. The minimum atomic E-state index is -4.79. The largest absolute Gasteiger partial charge is 0.573 e. The van der Waals surface area contributed by atoms with Crippen LogP contribution >= 0.6 is 11.8 Å². The number of carboxylic acids is 1. The Morgan fingerprint density at radius 2 is 1.69 bits per heavy atom. The number of ether oxygens (including phenoxy) is 1. The molecule has 0 saturated carbocycles. The van der Waals surface area contributed by atoms with Gasteiger partial charge in [-0.1, -0.05) is 54.2 Å². The lowest BCUT2D eigenvalue weighted by atomic mass is 10.1. The third-order valence-corrected chi connectivity index (χ3v) is 7.32. The first-order chi connectivity index (χ1) is 23.3. The van der Waals surface area contributed by atoms with Crippen LogP contribution in [0.4, 0.5) is 23.7 Å². The van der Waals surface area contributed by atoms with E-state index in [1.54, 1.807) is 24.3 Å². The van der Waals surface area contributed by atoms with Crippen molar-refractivity contribution < 1.29 is 42.5 Å². The average molecular weight is 699 g/mol. The number of amidine groups is 1. The molecule has 0 aliphatic carbocycles. The van der Waals surface area contributed by atoms with Crippen molar-refractivity contribution in [3.05, 3.63) is 89.7 Å². The van der Waals surface area contributed by atoms with Crippen LogP contribution in [0.25, 0.3) is 17.1 Å². The summed E-state index contributed by atoms with van der Waals surface area (Å²) in [5.74, 6) is -2.14. The normalized spacial score (nSPS) is 12.4. The summed E-state index contributed by atoms with van der Waals surface area (Å²) in [7, 11) is 0. The fraction of sp³-hybridized carbons (Fsp3) is 0.194. The number of hydrazone groups is 1. The van der Waals surface area contributed by atoms with Crippen molar-refractivity contribution in [2.45, 2.75) is 26.3 Å². The van der Waals surface area contributed by atoms with Gasteiger partial charge < -0.3 is 25.6 Å². The lowest BCUT2D eigenvalue weighted by Gasteiger charge is -2.13. The molecule has 0 aliphatic rings. The van der Waals surface area contributed by atoms with E-state index in [1.807, 2.05) is 37.4 Å². The van der Waals surface area contributed by atoms with Crippen LogP contribution < -0.4 is 20.8 Å². The van der Waals surface area contributed by atoms with Gasteiger partial charge in [0.2, 0.25) is 5.91 Å². The number of rotatable bonds is 12. The van der Waals surface area contributed by atoms with E-state index in [4.69, 9.17) is 10.2 Å². The molecule has 3 aromatic carbocycles. The van der Waals surface area contributed by atoms with E-state index in [2.05, 4.69) is 35.7 Å². The van der Waals surface area contributed by atoms with Crippen molar-refractivity contribution in [3.8, 4) is 22.8 Å². The first-order valence-corrected chi connectivity index (χ1v) is 15.2. The maximum Gasteiger partial charge on any atom is 0.573 e. The van der Waals surface area contributed by atoms with Crippen molar-refractivity contribution in [2.24, 2.45) is 10.1 Å². The predicted octanol–water partition coefficient (Wildman–Crippen LogP) is 4.63. The summed E-state index contributed by atoms with van der Waals surface area (Å²) >= 11 is 1.01. The Hall–Kier alpha value is -5.91. The van der Waals surface area contributed by atoms with Gasteiger partial charge in [0.1, 0.15) is 18.1 Å². The minimum Gasteiger partial charge on any atom is -0.480 e. The van der Waals surface area contributed by atoms with Gasteiger partial charge in [-0.3, -0.25) is 10.2 Å². The predicted molar refractivity (Wildman–Crippen MR) is 175 cm³/mol. The van der Waals surface area contributed by atoms with Gasteiger partial charge in [-0.25, -0.2) is 24.2 Å². The Balaban J connectivity index is 1.41. The fourth-order valence-corrected chi connectivity index (χ4v) is 4.77. The monoisotopic (exact) mass is 698 g/mol. The van der Waals surface area contributed by atoms with Gasteiger partial charge in [-0.05, 0) is 54.8 Å². The van der Waals surface area contributed by atoms with Gasteiger partial charge in [0, 0.05) is 12.1 Å². The Morgan fingerprint density at radius 3 is 2.31 bits per heavy atom. The van der Waals surface area contributed by atoms with Crippen molar-refractivity contribution >= 4 is 46.8 Å². The maximum atomic E-state index is 12.5. The number of aromatic nitrogens is 3. The van der Waals surface area contributed by atoms with E-state index in [0.29, 0.717) is 28.3 Å². The van der Waals surface area contributed by atoms with E-state index in [9.17, 15) is 27.6 Å². The molecule has 1 atom stereocenters. The molecule has 0 fully saturated rings. The second-order valence-corrected chi connectivity index (χ2v) is 11.1. The highest BCUT2D eigenvalue weighted by molar-refractivity contribution is 8.14. The van der Waals surface area contributed by atoms with E-state index in [-0.39, 0.29) is 16.7 Å². The van der Waals surface area contributed by atoms with Gasteiger partial charge in [0.25, 0.3) is 0 Å². The Morgan fingerprint density at radius 1 is 1.02 bits per heavy atom. The Labute approximate surface area is 281 Å². The number of aliphatic imine (C=N–C) groups is 1. The van der Waals surface area contributed by atoms with Crippen LogP contribution in [0.15, 0.2) is 83.2 Å². The molecular formula is C31H29F3N8O6S. The second-order valence-electron chi connectivity index (χ2n) is 10.1. The zero-order chi connectivity index (χ0) is 35.6. The average Bonchev–Trinajstić information content (AvgIpc) is 3.53. The van der Waals surface area contributed by atoms with Crippen LogP contribution in [0.5, 0.6) is 5.75 Å². The topological polar surface area (TPSA) is 192 Å². The molecule has 49 heavy (non-hydrogen) atoms. The first-order valence-electron chi connectivity index (χ1n) is 14.2. The molecule has 0 aliphatic heterocycles. The van der Waals surface area contributed by atoms with E-state index >= 15 is 0 Å². The number of alkyl halides is 3. The van der Waals surface area contributed by atoms with Crippen LogP contribution in [0.2, 0.25) is 0 Å². The number of nitrogens with zero attached hydrogens (tertiary/aromatic N) is 5. The molecule has 0 bridgehead atoms. The number of carboxylic acid groups (broad SMARTS) is 2. The van der Waals surface area contributed by atoms with Gasteiger partial charge in [-0.15, -0.1) is 18.3 Å². The molecule has 1 heterocycles. The fourth-order valence-electron chi connectivity index (χ4n) is 4.12. The SMILES string of the molecule is Cc1cccc(C)c1N=C(N/N=C/c1ccc(-c2ncn(-c3ccc(OC(F)(F)F)cc3)n2)cc1)SCC(=O)NCC(NC(=O)O)C(=O)O. The Bertz CT molecular complexity index is 1830. The molecule has 0 saturated heterocycles. The summed E-state index contributed by atoms with van der Waals surface area (Å²) < 4.78 is 42.6. The second kappa shape index (κ2) is 16.3. The summed E-state index contributed by atoms with van der Waals surface area (Å²) in [5, 5.41) is 31.1. The van der Waals surface area contributed by atoms with Gasteiger partial charge in [0.05, 0.1) is 23.3 Å². The molecule has 4 rings (SSSR count).